The van der Waals surface area contributed by atoms with Crippen molar-refractivity contribution in [1.29, 1.82) is 0 Å². The molecule has 1 aromatic rings. The molecule has 1 atom stereocenters. The van der Waals surface area contributed by atoms with Gasteiger partial charge in [-0.2, -0.15) is 0 Å². The normalized spacial score (nSPS) is 17.4. The molecule has 0 heterocycles. The van der Waals surface area contributed by atoms with Crippen molar-refractivity contribution in [3.63, 3.8) is 0 Å². The Morgan fingerprint density at radius 1 is 1.37 bits per heavy atom. The summed E-state index contributed by atoms with van der Waals surface area (Å²) in [6.07, 6.45) is 2.28. The van der Waals surface area contributed by atoms with Gasteiger partial charge in [-0.15, -0.1) is 0 Å². The Hall–Kier alpha value is -0.580. The van der Waals surface area contributed by atoms with Crippen LogP contribution in [0.2, 0.25) is 5.02 Å². The molecule has 0 amide bonds. The predicted octanol–water partition coefficient (Wildman–Crippen LogP) is 2.64. The Bertz CT molecular complexity index is 526. The van der Waals surface area contributed by atoms with Gasteiger partial charge in [0.2, 0.25) is 0 Å². The highest BCUT2D eigenvalue weighted by Gasteiger charge is 2.33. The van der Waals surface area contributed by atoms with Crippen molar-refractivity contribution in [1.82, 2.24) is 5.32 Å². The summed E-state index contributed by atoms with van der Waals surface area (Å²) in [5.41, 5.74) is 0.690. The van der Waals surface area contributed by atoms with E-state index in [0.717, 1.165) is 19.4 Å². The summed E-state index contributed by atoms with van der Waals surface area (Å²) < 4.78 is 24.5. The second-order valence-corrected chi connectivity index (χ2v) is 7.66. The Labute approximate surface area is 120 Å². The van der Waals surface area contributed by atoms with Gasteiger partial charge < -0.3 is 5.32 Å². The summed E-state index contributed by atoms with van der Waals surface area (Å²) in [4.78, 5) is 0. The molecule has 1 aromatic carbocycles. The first-order chi connectivity index (χ1) is 9.02. The molecule has 2 rings (SSSR count). The van der Waals surface area contributed by atoms with Gasteiger partial charge >= 0.3 is 0 Å². The van der Waals surface area contributed by atoms with Crippen LogP contribution >= 0.6 is 11.6 Å². The molecule has 1 aliphatic carbocycles. The molecule has 1 fully saturated rings. The van der Waals surface area contributed by atoms with E-state index in [4.69, 9.17) is 11.6 Å². The van der Waals surface area contributed by atoms with Gasteiger partial charge in [0, 0.05) is 11.1 Å². The number of hydrogen-bond acceptors (Lipinski definition) is 3. The topological polar surface area (TPSA) is 46.2 Å². The van der Waals surface area contributed by atoms with Crippen molar-refractivity contribution in [3.8, 4) is 0 Å². The third kappa shape index (κ3) is 4.48. The number of hydrogen-bond donors (Lipinski definition) is 1. The first-order valence-electron chi connectivity index (χ1n) is 6.69. The van der Waals surface area contributed by atoms with Gasteiger partial charge in [0.05, 0.1) is 11.5 Å². The van der Waals surface area contributed by atoms with Crippen molar-refractivity contribution in [3.05, 3.63) is 34.9 Å². The van der Waals surface area contributed by atoms with Gasteiger partial charge in [-0.1, -0.05) is 36.7 Å². The van der Waals surface area contributed by atoms with Crippen LogP contribution in [0, 0.1) is 5.92 Å². The van der Waals surface area contributed by atoms with Gasteiger partial charge in [0.1, 0.15) is 0 Å². The summed E-state index contributed by atoms with van der Waals surface area (Å²) in [5, 5.41) is 3.81. The molecular weight excluding hydrogens is 282 g/mol. The number of rotatable bonds is 7. The van der Waals surface area contributed by atoms with Crippen LogP contribution in [0.1, 0.15) is 25.3 Å². The smallest absolute Gasteiger partial charge is 0.156 e. The van der Waals surface area contributed by atoms with E-state index in [0.29, 0.717) is 16.5 Å². The summed E-state index contributed by atoms with van der Waals surface area (Å²) in [6, 6.07) is 7.23. The minimum Gasteiger partial charge on any atom is -0.313 e. The van der Waals surface area contributed by atoms with E-state index in [2.05, 4.69) is 5.32 Å². The maximum atomic E-state index is 12.3. The van der Waals surface area contributed by atoms with Crippen molar-refractivity contribution >= 4 is 21.4 Å². The molecule has 1 unspecified atom stereocenters. The molecule has 0 saturated heterocycles. The zero-order chi connectivity index (χ0) is 13.9. The van der Waals surface area contributed by atoms with Crippen molar-refractivity contribution in [2.45, 2.75) is 31.6 Å². The predicted molar refractivity (Wildman–Crippen MR) is 79.1 cm³/mol. The average Bonchev–Trinajstić information content (AvgIpc) is 3.15. The molecule has 1 N–H and O–H groups in total. The standard InChI is InChI=1S/C14H20ClNO2S/c1-2-16-14(11-7-8-11)10-19(17,18)9-12-5-3-4-6-13(12)15/h3-6,11,14,16H,2,7-10H2,1H3. The molecule has 0 aromatic heterocycles. The van der Waals surface area contributed by atoms with E-state index >= 15 is 0 Å². The summed E-state index contributed by atoms with van der Waals surface area (Å²) >= 11 is 6.02. The molecule has 1 saturated carbocycles. The van der Waals surface area contributed by atoms with Gasteiger partial charge in [-0.3, -0.25) is 0 Å². The van der Waals surface area contributed by atoms with E-state index < -0.39 is 9.84 Å². The molecule has 3 nitrogen and oxygen atoms in total. The van der Waals surface area contributed by atoms with Gasteiger partial charge in [0.25, 0.3) is 0 Å². The second kappa shape index (κ2) is 6.25. The van der Waals surface area contributed by atoms with E-state index in [9.17, 15) is 8.42 Å². The Morgan fingerprint density at radius 3 is 2.63 bits per heavy atom. The third-order valence-electron chi connectivity index (χ3n) is 3.42. The molecular formula is C14H20ClNO2S. The first kappa shape index (κ1) is 14.8. The van der Waals surface area contributed by atoms with Crippen LogP contribution in [0.5, 0.6) is 0 Å². The number of halogens is 1. The molecule has 0 aliphatic heterocycles. The lowest BCUT2D eigenvalue weighted by molar-refractivity contribution is 0.502. The largest absolute Gasteiger partial charge is 0.313 e. The monoisotopic (exact) mass is 301 g/mol. The van der Waals surface area contributed by atoms with Crippen molar-refractivity contribution < 1.29 is 8.42 Å². The van der Waals surface area contributed by atoms with Crippen LogP contribution in [0.3, 0.4) is 0 Å². The fourth-order valence-corrected chi connectivity index (χ4v) is 4.37. The molecule has 1 aliphatic rings. The van der Waals surface area contributed by atoms with Crippen LogP contribution in [0.25, 0.3) is 0 Å². The van der Waals surface area contributed by atoms with Crippen LogP contribution in [-0.2, 0) is 15.6 Å². The SMILES string of the molecule is CCNC(CS(=O)(=O)Cc1ccccc1Cl)C1CC1. The zero-order valence-electron chi connectivity index (χ0n) is 11.1. The second-order valence-electron chi connectivity index (χ2n) is 5.15. The van der Waals surface area contributed by atoms with Crippen molar-refractivity contribution in [2.75, 3.05) is 12.3 Å². The summed E-state index contributed by atoms with van der Waals surface area (Å²) in [6.45, 7) is 2.82. The molecule has 106 valence electrons. The number of benzene rings is 1. The van der Waals surface area contributed by atoms with Gasteiger partial charge in [-0.25, -0.2) is 8.42 Å². The van der Waals surface area contributed by atoms with E-state index in [1.54, 1.807) is 12.1 Å². The minimum absolute atomic E-state index is 0.0291. The Balaban J connectivity index is 2.03. The average molecular weight is 302 g/mol. The number of sulfone groups is 1. The van der Waals surface area contributed by atoms with Crippen LogP contribution in [-0.4, -0.2) is 26.8 Å². The highest BCUT2D eigenvalue weighted by atomic mass is 35.5. The fourth-order valence-electron chi connectivity index (χ4n) is 2.31. The zero-order valence-corrected chi connectivity index (χ0v) is 12.7. The lowest BCUT2D eigenvalue weighted by Gasteiger charge is -2.17. The minimum atomic E-state index is -3.13. The third-order valence-corrected chi connectivity index (χ3v) is 5.41. The highest BCUT2D eigenvalue weighted by Crippen LogP contribution is 2.33. The highest BCUT2D eigenvalue weighted by molar-refractivity contribution is 7.90. The quantitative estimate of drug-likeness (QED) is 0.842. The van der Waals surface area contributed by atoms with Crippen molar-refractivity contribution in [2.24, 2.45) is 5.92 Å². The van der Waals surface area contributed by atoms with Crippen LogP contribution in [0.15, 0.2) is 24.3 Å². The van der Waals surface area contributed by atoms with Gasteiger partial charge in [0.15, 0.2) is 9.84 Å². The molecule has 5 heteroatoms. The lowest BCUT2D eigenvalue weighted by atomic mass is 10.2. The Morgan fingerprint density at radius 2 is 2.05 bits per heavy atom. The van der Waals surface area contributed by atoms with E-state index in [1.807, 2.05) is 19.1 Å². The summed E-state index contributed by atoms with van der Waals surface area (Å²) in [7, 11) is -3.13. The van der Waals surface area contributed by atoms with Gasteiger partial charge in [-0.05, 0) is 36.9 Å². The van der Waals surface area contributed by atoms with Crippen LogP contribution in [0.4, 0.5) is 0 Å². The Kier molecular flexibility index (Phi) is 4.87. The molecule has 0 spiro atoms. The number of nitrogens with one attached hydrogen (secondary N) is 1. The summed E-state index contributed by atoms with van der Waals surface area (Å²) in [5.74, 6) is 0.763. The maximum absolute atomic E-state index is 12.3. The fraction of sp³-hybridized carbons (Fsp3) is 0.571. The lowest BCUT2D eigenvalue weighted by Crippen LogP contribution is -2.37. The molecule has 0 bridgehead atoms. The van der Waals surface area contributed by atoms with E-state index in [1.165, 1.54) is 0 Å². The van der Waals surface area contributed by atoms with E-state index in [-0.39, 0.29) is 17.5 Å². The maximum Gasteiger partial charge on any atom is 0.156 e. The first-order valence-corrected chi connectivity index (χ1v) is 8.89. The molecule has 19 heavy (non-hydrogen) atoms. The molecule has 0 radical (unpaired) electrons. The van der Waals surface area contributed by atoms with Crippen LogP contribution < -0.4 is 5.32 Å².